The summed E-state index contributed by atoms with van der Waals surface area (Å²) in [7, 11) is 0. The van der Waals surface area contributed by atoms with E-state index in [9.17, 15) is 13.6 Å². The van der Waals surface area contributed by atoms with E-state index in [0.717, 1.165) is 16.7 Å². The maximum absolute atomic E-state index is 13.8. The van der Waals surface area contributed by atoms with Gasteiger partial charge in [0.05, 0.1) is 11.0 Å². The molecule has 2 aromatic rings. The summed E-state index contributed by atoms with van der Waals surface area (Å²) < 4.78 is 28.8. The van der Waals surface area contributed by atoms with Gasteiger partial charge in [0.25, 0.3) is 5.56 Å². The van der Waals surface area contributed by atoms with Gasteiger partial charge in [-0.3, -0.25) is 9.36 Å². The highest BCUT2D eigenvalue weighted by Crippen LogP contribution is 2.22. The highest BCUT2D eigenvalue weighted by Gasteiger charge is 2.15. The first-order valence-corrected chi connectivity index (χ1v) is 6.43. The van der Waals surface area contributed by atoms with Gasteiger partial charge in [-0.05, 0) is 35.0 Å². The van der Waals surface area contributed by atoms with Gasteiger partial charge in [0.1, 0.15) is 22.6 Å². The molecule has 0 unspecified atom stereocenters. The van der Waals surface area contributed by atoms with Crippen molar-refractivity contribution in [2.24, 2.45) is 0 Å². The molecule has 100 valence electrons. The first-order chi connectivity index (χ1) is 8.90. The van der Waals surface area contributed by atoms with Gasteiger partial charge in [-0.15, -0.1) is 0 Å². The molecule has 0 aliphatic heterocycles. The zero-order valence-electron chi connectivity index (χ0n) is 9.75. The van der Waals surface area contributed by atoms with Crippen LogP contribution in [0.15, 0.2) is 27.5 Å². The Morgan fingerprint density at radius 2 is 2.11 bits per heavy atom. The van der Waals surface area contributed by atoms with Crippen LogP contribution >= 0.6 is 27.5 Å². The van der Waals surface area contributed by atoms with Crippen LogP contribution in [-0.2, 0) is 6.54 Å². The minimum Gasteiger partial charge on any atom is -0.292 e. The van der Waals surface area contributed by atoms with Crippen LogP contribution < -0.4 is 5.56 Å². The van der Waals surface area contributed by atoms with Crippen LogP contribution in [0.5, 0.6) is 0 Å². The van der Waals surface area contributed by atoms with E-state index in [0.29, 0.717) is 0 Å². The van der Waals surface area contributed by atoms with Crippen LogP contribution in [0.3, 0.4) is 0 Å². The van der Waals surface area contributed by atoms with Crippen molar-refractivity contribution in [3.8, 4) is 0 Å². The number of hydrogen-bond donors (Lipinski definition) is 0. The molecule has 0 N–H and O–H groups in total. The minimum atomic E-state index is -0.735. The van der Waals surface area contributed by atoms with Crippen LogP contribution in [-0.4, -0.2) is 9.55 Å². The summed E-state index contributed by atoms with van der Waals surface area (Å²) in [5, 5.41) is 0.0499. The van der Waals surface area contributed by atoms with Crippen molar-refractivity contribution in [2.45, 2.75) is 13.5 Å². The van der Waals surface area contributed by atoms with E-state index < -0.39 is 17.2 Å². The molecule has 0 bridgehead atoms. The molecule has 0 atom stereocenters. The Kier molecular flexibility index (Phi) is 4.01. The van der Waals surface area contributed by atoms with E-state index in [2.05, 4.69) is 20.9 Å². The summed E-state index contributed by atoms with van der Waals surface area (Å²) in [4.78, 5) is 15.6. The fourth-order valence-corrected chi connectivity index (χ4v) is 2.24. The Labute approximate surface area is 121 Å². The Balaban J connectivity index is 2.54. The summed E-state index contributed by atoms with van der Waals surface area (Å²) in [5.74, 6) is -1.17. The first kappa shape index (κ1) is 14.1. The van der Waals surface area contributed by atoms with Gasteiger partial charge >= 0.3 is 0 Å². The standard InChI is InChI=1S/C12H8BrClF2N2O/c1-6-17-10(14)4-11(19)18(6)5-7-9(15)3-2-8(13)12(7)16/h2-4H,5H2,1H3. The van der Waals surface area contributed by atoms with Crippen LogP contribution in [0.4, 0.5) is 8.78 Å². The summed E-state index contributed by atoms with van der Waals surface area (Å²) in [6, 6.07) is 3.50. The molecule has 0 amide bonds. The number of aromatic nitrogens is 2. The number of aryl methyl sites for hydroxylation is 1. The summed E-state index contributed by atoms with van der Waals surface area (Å²) >= 11 is 8.61. The van der Waals surface area contributed by atoms with Gasteiger partial charge in [0.15, 0.2) is 0 Å². The van der Waals surface area contributed by atoms with Crippen molar-refractivity contribution in [3.63, 3.8) is 0 Å². The van der Waals surface area contributed by atoms with Crippen molar-refractivity contribution in [2.75, 3.05) is 0 Å². The van der Waals surface area contributed by atoms with Crippen LogP contribution in [0.25, 0.3) is 0 Å². The molecule has 0 saturated heterocycles. The van der Waals surface area contributed by atoms with E-state index in [4.69, 9.17) is 11.6 Å². The molecular weight excluding hydrogens is 341 g/mol. The molecule has 2 rings (SSSR count). The Hall–Kier alpha value is -1.27. The molecule has 0 aliphatic carbocycles. The molecule has 7 heteroatoms. The molecule has 0 saturated carbocycles. The molecule has 3 nitrogen and oxygen atoms in total. The van der Waals surface area contributed by atoms with Crippen molar-refractivity contribution < 1.29 is 8.78 Å². The van der Waals surface area contributed by atoms with Crippen molar-refractivity contribution in [1.82, 2.24) is 9.55 Å². The summed E-state index contributed by atoms with van der Waals surface area (Å²) in [5.41, 5.74) is -0.667. The van der Waals surface area contributed by atoms with E-state index in [1.807, 2.05) is 0 Å². The van der Waals surface area contributed by atoms with Crippen molar-refractivity contribution >= 4 is 27.5 Å². The molecule has 1 heterocycles. The summed E-state index contributed by atoms with van der Waals surface area (Å²) in [6.07, 6.45) is 0. The molecule has 1 aromatic heterocycles. The number of benzene rings is 1. The molecule has 19 heavy (non-hydrogen) atoms. The second kappa shape index (κ2) is 5.38. The Morgan fingerprint density at radius 1 is 1.42 bits per heavy atom. The predicted molar refractivity (Wildman–Crippen MR) is 71.4 cm³/mol. The van der Waals surface area contributed by atoms with Gasteiger partial charge in [0.2, 0.25) is 0 Å². The van der Waals surface area contributed by atoms with E-state index >= 15 is 0 Å². The average Bonchev–Trinajstić information content (AvgIpc) is 2.32. The number of nitrogens with zero attached hydrogens (tertiary/aromatic N) is 2. The molecular formula is C12H8BrClF2N2O. The van der Waals surface area contributed by atoms with Gasteiger partial charge in [-0.1, -0.05) is 11.6 Å². The maximum Gasteiger partial charge on any atom is 0.255 e. The quantitative estimate of drug-likeness (QED) is 0.616. The van der Waals surface area contributed by atoms with Gasteiger partial charge in [-0.25, -0.2) is 13.8 Å². The smallest absolute Gasteiger partial charge is 0.255 e. The topological polar surface area (TPSA) is 34.9 Å². The van der Waals surface area contributed by atoms with E-state index in [1.165, 1.54) is 6.07 Å². The lowest BCUT2D eigenvalue weighted by Crippen LogP contribution is -2.24. The Morgan fingerprint density at radius 3 is 2.74 bits per heavy atom. The SMILES string of the molecule is Cc1nc(Cl)cc(=O)n1Cc1c(F)ccc(Br)c1F. The van der Waals surface area contributed by atoms with Crippen molar-refractivity contribution in [1.29, 1.82) is 0 Å². The van der Waals surface area contributed by atoms with Crippen LogP contribution in [0.1, 0.15) is 11.4 Å². The highest BCUT2D eigenvalue weighted by atomic mass is 79.9. The molecule has 1 aromatic carbocycles. The van der Waals surface area contributed by atoms with Crippen molar-refractivity contribution in [3.05, 3.63) is 61.2 Å². The molecule has 0 fully saturated rings. The lowest BCUT2D eigenvalue weighted by atomic mass is 10.2. The third-order valence-corrected chi connectivity index (χ3v) is 3.43. The zero-order valence-corrected chi connectivity index (χ0v) is 12.1. The second-order valence-corrected chi connectivity index (χ2v) is 5.11. The monoisotopic (exact) mass is 348 g/mol. The molecule has 0 aliphatic rings. The third kappa shape index (κ3) is 2.84. The number of hydrogen-bond acceptors (Lipinski definition) is 2. The van der Waals surface area contributed by atoms with Gasteiger partial charge in [0, 0.05) is 11.6 Å². The van der Waals surface area contributed by atoms with Gasteiger partial charge < -0.3 is 0 Å². The summed E-state index contributed by atoms with van der Waals surface area (Å²) in [6.45, 7) is 1.30. The molecule has 0 radical (unpaired) electrons. The second-order valence-electron chi connectivity index (χ2n) is 3.87. The fraction of sp³-hybridized carbons (Fsp3) is 0.167. The zero-order chi connectivity index (χ0) is 14.2. The normalized spacial score (nSPS) is 10.8. The largest absolute Gasteiger partial charge is 0.292 e. The highest BCUT2D eigenvalue weighted by molar-refractivity contribution is 9.10. The predicted octanol–water partition coefficient (Wildman–Crippen LogP) is 3.29. The first-order valence-electron chi connectivity index (χ1n) is 5.26. The van der Waals surface area contributed by atoms with Crippen LogP contribution in [0, 0.1) is 18.6 Å². The maximum atomic E-state index is 13.8. The Bertz CT molecular complexity index is 703. The van der Waals surface area contributed by atoms with E-state index in [-0.39, 0.29) is 27.6 Å². The average molecular weight is 350 g/mol. The lowest BCUT2D eigenvalue weighted by molar-refractivity contribution is 0.533. The number of rotatable bonds is 2. The third-order valence-electron chi connectivity index (χ3n) is 2.62. The fourth-order valence-electron chi connectivity index (χ4n) is 1.65. The van der Waals surface area contributed by atoms with E-state index in [1.54, 1.807) is 6.92 Å². The van der Waals surface area contributed by atoms with Crippen LogP contribution in [0.2, 0.25) is 5.15 Å². The molecule has 0 spiro atoms. The lowest BCUT2D eigenvalue weighted by Gasteiger charge is -2.11. The minimum absolute atomic E-state index is 0.0499. The number of halogens is 4. The van der Waals surface area contributed by atoms with Gasteiger partial charge in [-0.2, -0.15) is 0 Å².